The van der Waals surface area contributed by atoms with E-state index in [4.69, 9.17) is 15.2 Å². The molecule has 0 aromatic heterocycles. The summed E-state index contributed by atoms with van der Waals surface area (Å²) < 4.78 is 12.3. The van der Waals surface area contributed by atoms with Crippen molar-refractivity contribution < 1.29 is 9.47 Å². The summed E-state index contributed by atoms with van der Waals surface area (Å²) in [5, 5.41) is 0. The van der Waals surface area contributed by atoms with Crippen LogP contribution in [0.4, 0.5) is 0 Å². The number of hydrogen-bond donors (Lipinski definition) is 1. The second kappa shape index (κ2) is 6.55. The molecule has 0 aliphatic heterocycles. The van der Waals surface area contributed by atoms with Crippen LogP contribution in [-0.2, 0) is 4.74 Å². The fourth-order valence-corrected chi connectivity index (χ4v) is 1.85. The van der Waals surface area contributed by atoms with Gasteiger partial charge in [0.1, 0.15) is 12.4 Å². The Morgan fingerprint density at radius 1 is 1.28 bits per heavy atom. The van der Waals surface area contributed by atoms with E-state index in [1.54, 1.807) is 0 Å². The summed E-state index contributed by atoms with van der Waals surface area (Å²) in [6, 6.07) is 5.85. The van der Waals surface area contributed by atoms with E-state index in [2.05, 4.69) is 15.9 Å². The molecule has 0 radical (unpaired) electrons. The van der Waals surface area contributed by atoms with Crippen LogP contribution in [0.15, 0.2) is 22.7 Å². The highest BCUT2D eigenvalue weighted by atomic mass is 79.9. The van der Waals surface area contributed by atoms with Gasteiger partial charge >= 0.3 is 0 Å². The minimum absolute atomic E-state index is 0.0448. The van der Waals surface area contributed by atoms with Gasteiger partial charge in [-0.05, 0) is 39.8 Å². The first kappa shape index (κ1) is 15.5. The van der Waals surface area contributed by atoms with E-state index in [-0.39, 0.29) is 11.6 Å². The molecule has 0 amide bonds. The van der Waals surface area contributed by atoms with E-state index < -0.39 is 0 Å². The Morgan fingerprint density at radius 3 is 2.50 bits per heavy atom. The molecule has 1 aromatic carbocycles. The maximum atomic E-state index is 5.91. The first-order valence-electron chi connectivity index (χ1n) is 6.11. The van der Waals surface area contributed by atoms with Crippen LogP contribution in [0.2, 0.25) is 0 Å². The largest absolute Gasteiger partial charge is 0.491 e. The summed E-state index contributed by atoms with van der Waals surface area (Å²) in [5.41, 5.74) is 6.79. The number of rotatable bonds is 5. The molecule has 0 fully saturated rings. The lowest BCUT2D eigenvalue weighted by Crippen LogP contribution is -2.22. The zero-order valence-electron chi connectivity index (χ0n) is 11.5. The fraction of sp³-hybridized carbons (Fsp3) is 0.571. The molecular weight excluding hydrogens is 294 g/mol. The van der Waals surface area contributed by atoms with Crippen LogP contribution in [-0.4, -0.2) is 18.8 Å². The second-order valence-electron chi connectivity index (χ2n) is 5.28. The summed E-state index contributed by atoms with van der Waals surface area (Å²) in [4.78, 5) is 0. The van der Waals surface area contributed by atoms with Gasteiger partial charge in [-0.25, -0.2) is 0 Å². The molecule has 0 saturated carbocycles. The van der Waals surface area contributed by atoms with Crippen LogP contribution in [0.3, 0.4) is 0 Å². The number of hydrogen-bond acceptors (Lipinski definition) is 3. The van der Waals surface area contributed by atoms with Crippen LogP contribution in [0, 0.1) is 0 Å². The Labute approximate surface area is 118 Å². The SMILES string of the molecule is C[C@@H](N)c1ccc(Br)cc1OCCOC(C)(C)C. The van der Waals surface area contributed by atoms with Crippen LogP contribution in [0.25, 0.3) is 0 Å². The van der Waals surface area contributed by atoms with Crippen molar-refractivity contribution in [3.63, 3.8) is 0 Å². The lowest BCUT2D eigenvalue weighted by atomic mass is 10.1. The Morgan fingerprint density at radius 2 is 1.94 bits per heavy atom. The summed E-state index contributed by atoms with van der Waals surface area (Å²) in [6.45, 7) is 9.11. The number of halogens is 1. The van der Waals surface area contributed by atoms with E-state index >= 15 is 0 Å². The quantitative estimate of drug-likeness (QED) is 0.843. The summed E-state index contributed by atoms with van der Waals surface area (Å²) in [6.07, 6.45) is 0. The van der Waals surface area contributed by atoms with Gasteiger partial charge in [-0.3, -0.25) is 0 Å². The number of ether oxygens (including phenoxy) is 2. The highest BCUT2D eigenvalue weighted by Crippen LogP contribution is 2.27. The topological polar surface area (TPSA) is 44.5 Å². The van der Waals surface area contributed by atoms with E-state index in [0.717, 1.165) is 15.8 Å². The molecule has 0 aliphatic rings. The van der Waals surface area contributed by atoms with Crippen molar-refractivity contribution in [1.82, 2.24) is 0 Å². The van der Waals surface area contributed by atoms with E-state index in [1.807, 2.05) is 45.9 Å². The van der Waals surface area contributed by atoms with Crippen molar-refractivity contribution >= 4 is 15.9 Å². The highest BCUT2D eigenvalue weighted by molar-refractivity contribution is 9.10. The minimum Gasteiger partial charge on any atom is -0.491 e. The average Bonchev–Trinajstić information content (AvgIpc) is 2.22. The van der Waals surface area contributed by atoms with Gasteiger partial charge in [0.05, 0.1) is 12.2 Å². The van der Waals surface area contributed by atoms with Gasteiger partial charge in [-0.2, -0.15) is 0 Å². The monoisotopic (exact) mass is 315 g/mol. The average molecular weight is 316 g/mol. The smallest absolute Gasteiger partial charge is 0.125 e. The van der Waals surface area contributed by atoms with Crippen molar-refractivity contribution in [1.29, 1.82) is 0 Å². The first-order chi connectivity index (χ1) is 8.29. The predicted molar refractivity (Wildman–Crippen MR) is 77.9 cm³/mol. The lowest BCUT2D eigenvalue weighted by molar-refractivity contribution is -0.0164. The second-order valence-corrected chi connectivity index (χ2v) is 6.20. The van der Waals surface area contributed by atoms with Gasteiger partial charge in [0.15, 0.2) is 0 Å². The maximum Gasteiger partial charge on any atom is 0.125 e. The molecule has 0 unspecified atom stereocenters. The van der Waals surface area contributed by atoms with Crippen molar-refractivity contribution in [2.24, 2.45) is 5.73 Å². The zero-order chi connectivity index (χ0) is 13.8. The summed E-state index contributed by atoms with van der Waals surface area (Å²) in [5.74, 6) is 0.817. The third-order valence-corrected chi connectivity index (χ3v) is 2.84. The van der Waals surface area contributed by atoms with Crippen molar-refractivity contribution in [3.8, 4) is 5.75 Å². The molecule has 102 valence electrons. The highest BCUT2D eigenvalue weighted by Gasteiger charge is 2.11. The molecule has 0 heterocycles. The fourth-order valence-electron chi connectivity index (χ4n) is 1.51. The van der Waals surface area contributed by atoms with Crippen LogP contribution >= 0.6 is 15.9 Å². The van der Waals surface area contributed by atoms with Gasteiger partial charge < -0.3 is 15.2 Å². The molecule has 2 N–H and O–H groups in total. The van der Waals surface area contributed by atoms with E-state index in [0.29, 0.717) is 13.2 Å². The normalized spacial score (nSPS) is 13.4. The van der Waals surface area contributed by atoms with Crippen molar-refractivity contribution in [3.05, 3.63) is 28.2 Å². The van der Waals surface area contributed by atoms with Crippen LogP contribution < -0.4 is 10.5 Å². The summed E-state index contributed by atoms with van der Waals surface area (Å²) in [7, 11) is 0. The van der Waals surface area contributed by atoms with Crippen LogP contribution in [0.5, 0.6) is 5.75 Å². The number of benzene rings is 1. The molecule has 0 aliphatic carbocycles. The van der Waals surface area contributed by atoms with Gasteiger partial charge in [0.25, 0.3) is 0 Å². The molecule has 18 heavy (non-hydrogen) atoms. The molecule has 3 nitrogen and oxygen atoms in total. The van der Waals surface area contributed by atoms with E-state index in [1.165, 1.54) is 0 Å². The molecule has 4 heteroatoms. The third-order valence-electron chi connectivity index (χ3n) is 2.34. The van der Waals surface area contributed by atoms with Crippen molar-refractivity contribution in [2.45, 2.75) is 39.3 Å². The van der Waals surface area contributed by atoms with Crippen LogP contribution in [0.1, 0.15) is 39.3 Å². The molecular formula is C14H22BrNO2. The Hall–Kier alpha value is -0.580. The Balaban J connectivity index is 2.58. The molecule has 1 aromatic rings. The van der Waals surface area contributed by atoms with Gasteiger partial charge in [0.2, 0.25) is 0 Å². The molecule has 0 spiro atoms. The van der Waals surface area contributed by atoms with E-state index in [9.17, 15) is 0 Å². The Kier molecular flexibility index (Phi) is 5.63. The predicted octanol–water partition coefficient (Wildman–Crippen LogP) is 3.66. The van der Waals surface area contributed by atoms with Gasteiger partial charge in [-0.15, -0.1) is 0 Å². The van der Waals surface area contributed by atoms with Crippen molar-refractivity contribution in [2.75, 3.05) is 13.2 Å². The summed E-state index contributed by atoms with van der Waals surface area (Å²) >= 11 is 3.43. The molecule has 1 atom stereocenters. The van der Waals surface area contributed by atoms with Gasteiger partial charge in [0, 0.05) is 16.1 Å². The lowest BCUT2D eigenvalue weighted by Gasteiger charge is -2.20. The first-order valence-corrected chi connectivity index (χ1v) is 6.90. The minimum atomic E-state index is -0.134. The third kappa shape index (κ3) is 5.38. The number of nitrogens with two attached hydrogens (primary N) is 1. The maximum absolute atomic E-state index is 5.91. The molecule has 1 rings (SSSR count). The Bertz CT molecular complexity index is 386. The molecule has 0 bridgehead atoms. The zero-order valence-corrected chi connectivity index (χ0v) is 13.1. The molecule has 0 saturated heterocycles. The standard InChI is InChI=1S/C14H22BrNO2/c1-10(16)12-6-5-11(15)9-13(12)17-7-8-18-14(2,3)4/h5-6,9-10H,7-8,16H2,1-4H3/t10-/m1/s1. The van der Waals surface area contributed by atoms with Gasteiger partial charge in [-0.1, -0.05) is 22.0 Å².